The number of rotatable bonds is 2. The fourth-order valence-corrected chi connectivity index (χ4v) is 3.19. The molecule has 86 valence electrons. The Morgan fingerprint density at radius 2 is 1.79 bits per heavy atom. The van der Waals surface area contributed by atoms with Gasteiger partial charge >= 0.3 is 0 Å². The molecule has 0 unspecified atom stereocenters. The van der Waals surface area contributed by atoms with Crippen molar-refractivity contribution in [2.75, 3.05) is 32.4 Å². The minimum Gasteiger partial charge on any atom is -0.314 e. The SMILES string of the molecule is CS[C@@H]1CNC[C@H]1N1CCCC1.Cl.Cl. The molecule has 0 saturated carbocycles. The summed E-state index contributed by atoms with van der Waals surface area (Å²) in [5, 5.41) is 4.32. The third-order valence-electron chi connectivity index (χ3n) is 3.04. The molecule has 0 spiro atoms. The predicted molar refractivity (Wildman–Crippen MR) is 69.3 cm³/mol. The number of hydrogen-bond donors (Lipinski definition) is 1. The van der Waals surface area contributed by atoms with Crippen molar-refractivity contribution >= 4 is 36.6 Å². The lowest BCUT2D eigenvalue weighted by atomic mass is 10.2. The molecule has 0 aromatic carbocycles. The number of halogens is 2. The quantitative estimate of drug-likeness (QED) is 0.811. The molecular weight excluding hydrogens is 239 g/mol. The molecule has 0 amide bonds. The van der Waals surface area contributed by atoms with E-state index in [0.29, 0.717) is 0 Å². The van der Waals surface area contributed by atoms with Crippen molar-refractivity contribution in [3.63, 3.8) is 0 Å². The Kier molecular flexibility index (Phi) is 7.61. The van der Waals surface area contributed by atoms with Gasteiger partial charge in [-0.15, -0.1) is 24.8 Å². The van der Waals surface area contributed by atoms with Crippen LogP contribution in [0.25, 0.3) is 0 Å². The standard InChI is InChI=1S/C9H18N2S.2ClH/c1-12-9-7-10-6-8(9)11-4-2-3-5-11;;/h8-10H,2-7H2,1H3;2*1H/t8-,9-;;/m1../s1. The van der Waals surface area contributed by atoms with Crippen molar-refractivity contribution in [3.05, 3.63) is 0 Å². The van der Waals surface area contributed by atoms with E-state index in [1.807, 2.05) is 11.8 Å². The maximum absolute atomic E-state index is 3.49. The Balaban J connectivity index is 0.000000845. The zero-order valence-corrected chi connectivity index (χ0v) is 11.0. The van der Waals surface area contributed by atoms with Crippen LogP contribution in [0.2, 0.25) is 0 Å². The lowest BCUT2D eigenvalue weighted by molar-refractivity contribution is 0.263. The molecule has 14 heavy (non-hydrogen) atoms. The van der Waals surface area contributed by atoms with Crippen LogP contribution in [0.1, 0.15) is 12.8 Å². The van der Waals surface area contributed by atoms with Crippen LogP contribution in [0.15, 0.2) is 0 Å². The summed E-state index contributed by atoms with van der Waals surface area (Å²) >= 11 is 2.02. The zero-order valence-electron chi connectivity index (χ0n) is 8.57. The number of nitrogens with zero attached hydrogens (tertiary/aromatic N) is 1. The van der Waals surface area contributed by atoms with Gasteiger partial charge in [0.25, 0.3) is 0 Å². The van der Waals surface area contributed by atoms with Crippen molar-refractivity contribution in [3.8, 4) is 0 Å². The topological polar surface area (TPSA) is 15.3 Å². The van der Waals surface area contributed by atoms with Gasteiger partial charge in [0.05, 0.1) is 0 Å². The second kappa shape index (κ2) is 7.18. The fraction of sp³-hybridized carbons (Fsp3) is 1.00. The summed E-state index contributed by atoms with van der Waals surface area (Å²) in [6.45, 7) is 5.10. The maximum atomic E-state index is 3.49. The molecule has 1 N–H and O–H groups in total. The van der Waals surface area contributed by atoms with Crippen LogP contribution < -0.4 is 5.32 Å². The van der Waals surface area contributed by atoms with Gasteiger partial charge in [-0.2, -0.15) is 11.8 Å². The van der Waals surface area contributed by atoms with Gasteiger partial charge < -0.3 is 5.32 Å². The molecule has 0 bridgehead atoms. The summed E-state index contributed by atoms with van der Waals surface area (Å²) in [6, 6.07) is 0.822. The summed E-state index contributed by atoms with van der Waals surface area (Å²) in [4.78, 5) is 2.67. The summed E-state index contributed by atoms with van der Waals surface area (Å²) in [7, 11) is 0. The molecule has 2 fully saturated rings. The maximum Gasteiger partial charge on any atom is 0.0351 e. The highest BCUT2D eigenvalue weighted by molar-refractivity contribution is 7.99. The first-order chi connectivity index (χ1) is 5.92. The highest BCUT2D eigenvalue weighted by atomic mass is 35.5. The van der Waals surface area contributed by atoms with Gasteiger partial charge in [0, 0.05) is 24.4 Å². The average Bonchev–Trinajstić information content (AvgIpc) is 2.74. The fourth-order valence-electron chi connectivity index (χ4n) is 2.32. The van der Waals surface area contributed by atoms with Crippen molar-refractivity contribution < 1.29 is 0 Å². The lowest BCUT2D eigenvalue weighted by Crippen LogP contribution is -2.39. The molecule has 2 nitrogen and oxygen atoms in total. The molecule has 2 heterocycles. The first-order valence-corrected chi connectivity index (χ1v) is 6.18. The van der Waals surface area contributed by atoms with Gasteiger partial charge in [-0.3, -0.25) is 4.90 Å². The van der Waals surface area contributed by atoms with E-state index in [9.17, 15) is 0 Å². The summed E-state index contributed by atoms with van der Waals surface area (Å²) in [5.74, 6) is 0. The Bertz CT molecular complexity index is 154. The molecule has 2 saturated heterocycles. The first kappa shape index (κ1) is 14.8. The molecule has 0 aliphatic carbocycles. The molecule has 2 rings (SSSR count). The summed E-state index contributed by atoms with van der Waals surface area (Å²) in [5.41, 5.74) is 0. The van der Waals surface area contributed by atoms with Crippen molar-refractivity contribution in [1.82, 2.24) is 10.2 Å². The minimum absolute atomic E-state index is 0. The summed E-state index contributed by atoms with van der Waals surface area (Å²) in [6.07, 6.45) is 5.07. The Morgan fingerprint density at radius 1 is 1.14 bits per heavy atom. The monoisotopic (exact) mass is 258 g/mol. The zero-order chi connectivity index (χ0) is 8.39. The Hall–Kier alpha value is 0.850. The number of thioether (sulfide) groups is 1. The average molecular weight is 259 g/mol. The second-order valence-corrected chi connectivity index (χ2v) is 4.82. The Morgan fingerprint density at radius 3 is 2.36 bits per heavy atom. The van der Waals surface area contributed by atoms with E-state index < -0.39 is 0 Å². The molecule has 2 aliphatic heterocycles. The first-order valence-electron chi connectivity index (χ1n) is 4.89. The van der Waals surface area contributed by atoms with Crippen molar-refractivity contribution in [1.29, 1.82) is 0 Å². The van der Waals surface area contributed by atoms with Gasteiger partial charge in [0.1, 0.15) is 0 Å². The molecule has 0 aromatic heterocycles. The van der Waals surface area contributed by atoms with E-state index in [0.717, 1.165) is 11.3 Å². The van der Waals surface area contributed by atoms with Crippen LogP contribution in [-0.4, -0.2) is 48.6 Å². The van der Waals surface area contributed by atoms with E-state index in [-0.39, 0.29) is 24.8 Å². The molecule has 0 radical (unpaired) electrons. The van der Waals surface area contributed by atoms with Crippen LogP contribution in [0.5, 0.6) is 0 Å². The van der Waals surface area contributed by atoms with Crippen LogP contribution in [0.3, 0.4) is 0 Å². The van der Waals surface area contributed by atoms with E-state index >= 15 is 0 Å². The van der Waals surface area contributed by atoms with Crippen LogP contribution in [-0.2, 0) is 0 Å². The van der Waals surface area contributed by atoms with Crippen LogP contribution >= 0.6 is 36.6 Å². The Labute approximate surface area is 103 Å². The van der Waals surface area contributed by atoms with E-state index in [1.54, 1.807) is 0 Å². The van der Waals surface area contributed by atoms with Gasteiger partial charge in [0.15, 0.2) is 0 Å². The predicted octanol–water partition coefficient (Wildman–Crippen LogP) is 1.63. The number of hydrogen-bond acceptors (Lipinski definition) is 3. The van der Waals surface area contributed by atoms with Gasteiger partial charge in [-0.25, -0.2) is 0 Å². The van der Waals surface area contributed by atoms with Gasteiger partial charge in [-0.05, 0) is 32.2 Å². The van der Waals surface area contributed by atoms with Crippen molar-refractivity contribution in [2.24, 2.45) is 0 Å². The summed E-state index contributed by atoms with van der Waals surface area (Å²) < 4.78 is 0. The molecule has 2 atom stereocenters. The smallest absolute Gasteiger partial charge is 0.0351 e. The number of nitrogens with one attached hydrogen (secondary N) is 1. The third kappa shape index (κ3) is 3.17. The molecule has 0 aromatic rings. The molecule has 2 aliphatic rings. The highest BCUT2D eigenvalue weighted by Crippen LogP contribution is 2.23. The van der Waals surface area contributed by atoms with E-state index in [2.05, 4.69) is 16.5 Å². The number of likely N-dealkylation sites (tertiary alicyclic amines) is 1. The van der Waals surface area contributed by atoms with Crippen LogP contribution in [0, 0.1) is 0 Å². The van der Waals surface area contributed by atoms with E-state index in [4.69, 9.17) is 0 Å². The third-order valence-corrected chi connectivity index (χ3v) is 4.13. The van der Waals surface area contributed by atoms with Gasteiger partial charge in [0.2, 0.25) is 0 Å². The highest BCUT2D eigenvalue weighted by Gasteiger charge is 2.32. The molecular formula is C9H20Cl2N2S. The minimum atomic E-state index is 0. The van der Waals surface area contributed by atoms with Gasteiger partial charge in [-0.1, -0.05) is 0 Å². The van der Waals surface area contributed by atoms with E-state index in [1.165, 1.54) is 39.0 Å². The van der Waals surface area contributed by atoms with Crippen molar-refractivity contribution in [2.45, 2.75) is 24.1 Å². The normalized spacial score (nSPS) is 32.4. The lowest BCUT2D eigenvalue weighted by Gasteiger charge is -2.26. The molecule has 5 heteroatoms. The second-order valence-electron chi connectivity index (χ2n) is 3.74. The van der Waals surface area contributed by atoms with Crippen LogP contribution in [0.4, 0.5) is 0 Å². The largest absolute Gasteiger partial charge is 0.314 e.